The number of halogens is 4. The molecule has 3 rings (SSSR count). The summed E-state index contributed by atoms with van der Waals surface area (Å²) in [6, 6.07) is 9.29. The maximum Gasteiger partial charge on any atom is 0.420 e. The van der Waals surface area contributed by atoms with Crippen LogP contribution in [0.1, 0.15) is 24.2 Å². The number of fused-ring (bicyclic) bond motifs is 1. The minimum absolute atomic E-state index is 0.270. The summed E-state index contributed by atoms with van der Waals surface area (Å²) in [4.78, 5) is 4.37. The number of phenols is 1. The second-order valence-electron chi connectivity index (χ2n) is 7.17. The molecule has 9 heteroatoms. The molecule has 0 aliphatic heterocycles. The van der Waals surface area contributed by atoms with Gasteiger partial charge >= 0.3 is 6.18 Å². The van der Waals surface area contributed by atoms with E-state index in [4.69, 9.17) is 0 Å². The normalized spacial score (nSPS) is 14.9. The van der Waals surface area contributed by atoms with E-state index in [-0.39, 0.29) is 5.69 Å². The molecule has 31 heavy (non-hydrogen) atoms. The van der Waals surface area contributed by atoms with E-state index in [9.17, 15) is 27.8 Å². The van der Waals surface area contributed by atoms with Gasteiger partial charge in [0.25, 0.3) is 0 Å². The topological polar surface area (TPSA) is 65.4 Å². The Kier molecular flexibility index (Phi) is 6.66. The van der Waals surface area contributed by atoms with Crippen molar-refractivity contribution in [3.8, 4) is 5.75 Å². The Hall–Kier alpha value is -2.52. The van der Waals surface area contributed by atoms with Gasteiger partial charge in [0.05, 0.1) is 11.6 Å². The summed E-state index contributed by atoms with van der Waals surface area (Å²) in [6.45, 7) is 3.46. The minimum Gasteiger partial charge on any atom is -0.508 e. The average Bonchev–Trinajstić information content (AvgIpc) is 2.69. The number of phenolic OH excluding ortho intramolecular Hbond substituents is 1. The maximum absolute atomic E-state index is 14.7. The van der Waals surface area contributed by atoms with Gasteiger partial charge in [0.15, 0.2) is 5.60 Å². The molecule has 0 bridgehead atoms. The van der Waals surface area contributed by atoms with Gasteiger partial charge in [-0.2, -0.15) is 24.9 Å². The van der Waals surface area contributed by atoms with Crippen LogP contribution in [0.2, 0.25) is 0 Å². The first kappa shape index (κ1) is 23.1. The van der Waals surface area contributed by atoms with Gasteiger partial charge in [0, 0.05) is 34.2 Å². The van der Waals surface area contributed by atoms with Gasteiger partial charge in [-0.05, 0) is 43.0 Å². The van der Waals surface area contributed by atoms with Crippen LogP contribution in [0.4, 0.5) is 23.2 Å². The summed E-state index contributed by atoms with van der Waals surface area (Å²) >= 11 is 0.896. The van der Waals surface area contributed by atoms with E-state index >= 15 is 0 Å². The van der Waals surface area contributed by atoms with Crippen molar-refractivity contribution in [1.29, 1.82) is 0 Å². The number of hydrogen-bond donors (Lipinski definition) is 3. The Bertz CT molecular complexity index is 1080. The first-order valence-electron chi connectivity index (χ1n) is 9.55. The monoisotopic (exact) mass is 454 g/mol. The third kappa shape index (κ3) is 4.72. The summed E-state index contributed by atoms with van der Waals surface area (Å²) in [5.41, 5.74) is -2.14. The fourth-order valence-electron chi connectivity index (χ4n) is 3.33. The standard InChI is InChI=1S/C22H22F4N2O2S/c1-3-31-12-21(30,22(24,25)26)20(15-10-8-14(29)11-17(15)23)28-19-6-4-5-18-16(19)9-7-13(2)27-18/h4-11,20,28-30H,3,12H2,1-2H3. The van der Waals surface area contributed by atoms with Gasteiger partial charge in [-0.1, -0.05) is 19.1 Å². The third-order valence-electron chi connectivity index (χ3n) is 4.96. The zero-order valence-corrected chi connectivity index (χ0v) is 17.7. The van der Waals surface area contributed by atoms with Gasteiger partial charge in [-0.3, -0.25) is 4.98 Å². The lowest BCUT2D eigenvalue weighted by Crippen LogP contribution is -2.55. The predicted octanol–water partition coefficient (Wildman–Crippen LogP) is 5.59. The first-order valence-corrected chi connectivity index (χ1v) is 10.7. The van der Waals surface area contributed by atoms with Gasteiger partial charge in [-0.15, -0.1) is 0 Å². The largest absolute Gasteiger partial charge is 0.508 e. The number of benzene rings is 2. The smallest absolute Gasteiger partial charge is 0.420 e. The summed E-state index contributed by atoms with van der Waals surface area (Å²) in [7, 11) is 0. The van der Waals surface area contributed by atoms with Gasteiger partial charge in [-0.25, -0.2) is 4.39 Å². The summed E-state index contributed by atoms with van der Waals surface area (Å²) in [5, 5.41) is 23.7. The number of nitrogens with one attached hydrogen (secondary N) is 1. The zero-order chi connectivity index (χ0) is 22.8. The van der Waals surface area contributed by atoms with E-state index in [1.165, 1.54) is 0 Å². The Labute approximate surface area is 181 Å². The van der Waals surface area contributed by atoms with Crippen LogP contribution in [0.5, 0.6) is 5.75 Å². The number of hydrogen-bond acceptors (Lipinski definition) is 5. The van der Waals surface area contributed by atoms with E-state index in [0.29, 0.717) is 16.7 Å². The van der Waals surface area contributed by atoms with Crippen LogP contribution in [0.15, 0.2) is 48.5 Å². The fraction of sp³-hybridized carbons (Fsp3) is 0.318. The molecule has 2 atom stereocenters. The molecule has 3 aromatic rings. The molecule has 0 spiro atoms. The maximum atomic E-state index is 14.7. The van der Waals surface area contributed by atoms with Crippen LogP contribution in [-0.4, -0.2) is 38.5 Å². The van der Waals surface area contributed by atoms with Crippen LogP contribution in [0.3, 0.4) is 0 Å². The lowest BCUT2D eigenvalue weighted by Gasteiger charge is -2.39. The van der Waals surface area contributed by atoms with Crippen molar-refractivity contribution in [1.82, 2.24) is 4.98 Å². The van der Waals surface area contributed by atoms with Gasteiger partial charge in [0.2, 0.25) is 0 Å². The van der Waals surface area contributed by atoms with Crippen molar-refractivity contribution in [2.75, 3.05) is 16.8 Å². The highest BCUT2D eigenvalue weighted by atomic mass is 32.2. The molecule has 166 valence electrons. The van der Waals surface area contributed by atoms with E-state index in [1.54, 1.807) is 44.2 Å². The Balaban J connectivity index is 2.19. The van der Waals surface area contributed by atoms with Crippen molar-refractivity contribution < 1.29 is 27.8 Å². The molecule has 3 N–H and O–H groups in total. The number of thioether (sulfide) groups is 1. The second kappa shape index (κ2) is 8.92. The lowest BCUT2D eigenvalue weighted by molar-refractivity contribution is -0.256. The number of aromatic hydroxyl groups is 1. The molecule has 4 nitrogen and oxygen atoms in total. The van der Waals surface area contributed by atoms with Crippen LogP contribution in [0.25, 0.3) is 10.9 Å². The lowest BCUT2D eigenvalue weighted by atomic mass is 9.88. The number of nitrogens with zero attached hydrogens (tertiary/aromatic N) is 1. The SMILES string of the molecule is CCSCC(O)(C(Nc1cccc2nc(C)ccc12)c1ccc(O)cc1F)C(F)(F)F. The Morgan fingerprint density at radius 1 is 1.13 bits per heavy atom. The molecule has 1 heterocycles. The summed E-state index contributed by atoms with van der Waals surface area (Å²) in [5.74, 6) is -1.85. The number of aromatic nitrogens is 1. The van der Waals surface area contributed by atoms with E-state index in [2.05, 4.69) is 10.3 Å². The molecular formula is C22H22F4N2O2S. The van der Waals surface area contributed by atoms with E-state index in [1.807, 2.05) is 0 Å². The molecule has 2 unspecified atom stereocenters. The third-order valence-corrected chi connectivity index (χ3v) is 6.01. The number of aliphatic hydroxyl groups is 1. The van der Waals surface area contributed by atoms with Crippen LogP contribution < -0.4 is 5.32 Å². The van der Waals surface area contributed by atoms with Crippen LogP contribution in [-0.2, 0) is 0 Å². The molecule has 0 aliphatic rings. The number of anilines is 1. The molecule has 2 aromatic carbocycles. The van der Waals surface area contributed by atoms with Crippen LogP contribution >= 0.6 is 11.8 Å². The molecule has 0 saturated carbocycles. The van der Waals surface area contributed by atoms with E-state index < -0.39 is 40.7 Å². The number of aryl methyl sites for hydroxylation is 1. The minimum atomic E-state index is -5.06. The predicted molar refractivity (Wildman–Crippen MR) is 115 cm³/mol. The summed E-state index contributed by atoms with van der Waals surface area (Å²) in [6.07, 6.45) is -5.06. The zero-order valence-electron chi connectivity index (χ0n) is 16.9. The Morgan fingerprint density at radius 2 is 1.87 bits per heavy atom. The van der Waals surface area contributed by atoms with Gasteiger partial charge < -0.3 is 15.5 Å². The van der Waals surface area contributed by atoms with Crippen molar-refractivity contribution in [2.45, 2.75) is 31.7 Å². The highest BCUT2D eigenvalue weighted by Crippen LogP contribution is 2.45. The number of alkyl halides is 3. The molecule has 0 radical (unpaired) electrons. The highest BCUT2D eigenvalue weighted by molar-refractivity contribution is 7.99. The molecule has 0 amide bonds. The van der Waals surface area contributed by atoms with Crippen molar-refractivity contribution in [3.63, 3.8) is 0 Å². The highest BCUT2D eigenvalue weighted by Gasteiger charge is 2.59. The molecule has 0 fully saturated rings. The second-order valence-corrected chi connectivity index (χ2v) is 8.44. The van der Waals surface area contributed by atoms with Crippen molar-refractivity contribution >= 4 is 28.4 Å². The Morgan fingerprint density at radius 3 is 2.52 bits per heavy atom. The van der Waals surface area contributed by atoms with E-state index in [0.717, 1.165) is 35.7 Å². The average molecular weight is 454 g/mol. The molecule has 0 aliphatic carbocycles. The fourth-order valence-corrected chi connectivity index (χ4v) is 4.17. The van der Waals surface area contributed by atoms with Crippen LogP contribution in [0, 0.1) is 12.7 Å². The van der Waals surface area contributed by atoms with Crippen molar-refractivity contribution in [3.05, 3.63) is 65.6 Å². The summed E-state index contributed by atoms with van der Waals surface area (Å²) < 4.78 is 57.2. The molecule has 0 saturated heterocycles. The quantitative estimate of drug-likeness (QED) is 0.407. The van der Waals surface area contributed by atoms with Gasteiger partial charge in [0.1, 0.15) is 11.6 Å². The first-order chi connectivity index (χ1) is 14.6. The number of rotatable bonds is 7. The molecular weight excluding hydrogens is 432 g/mol. The van der Waals surface area contributed by atoms with Crippen molar-refractivity contribution in [2.24, 2.45) is 0 Å². The molecule has 1 aromatic heterocycles. The number of pyridine rings is 1.